The molecule has 2 aromatic heterocycles. The molecule has 158 valence electrons. The van der Waals surface area contributed by atoms with Gasteiger partial charge in [-0.2, -0.15) is 5.10 Å². The summed E-state index contributed by atoms with van der Waals surface area (Å²) < 4.78 is 25.0. The number of nitrogens with one attached hydrogen (secondary N) is 1. The van der Waals surface area contributed by atoms with Gasteiger partial charge in [0.15, 0.2) is 15.5 Å². The zero-order valence-electron chi connectivity index (χ0n) is 16.4. The first kappa shape index (κ1) is 20.2. The molecule has 0 atom stereocenters. The Labute approximate surface area is 173 Å². The Kier molecular flexibility index (Phi) is 5.39. The van der Waals surface area contributed by atoms with Crippen LogP contribution in [0.3, 0.4) is 0 Å². The van der Waals surface area contributed by atoms with Gasteiger partial charge in [-0.1, -0.05) is 0 Å². The summed E-state index contributed by atoms with van der Waals surface area (Å²) in [5, 5.41) is 17.7. The summed E-state index contributed by atoms with van der Waals surface area (Å²) in [7, 11) is -3.26. The number of amides is 1. The minimum atomic E-state index is -3.26. The number of carboxylic acid groups (broad SMARTS) is 1. The van der Waals surface area contributed by atoms with E-state index in [-0.39, 0.29) is 10.9 Å². The van der Waals surface area contributed by atoms with E-state index in [1.807, 2.05) is 0 Å². The monoisotopic (exact) mass is 430 g/mol. The van der Waals surface area contributed by atoms with Crippen LogP contribution in [0.25, 0.3) is 16.7 Å². The van der Waals surface area contributed by atoms with Crippen molar-refractivity contribution in [2.45, 2.75) is 30.3 Å². The first-order valence-electron chi connectivity index (χ1n) is 9.52. The number of nitrogens with zero attached hydrogens (tertiary/aromatic N) is 5. The van der Waals surface area contributed by atoms with E-state index in [1.54, 1.807) is 35.1 Å². The molecule has 0 bridgehead atoms. The van der Waals surface area contributed by atoms with Gasteiger partial charge < -0.3 is 15.3 Å². The lowest BCUT2D eigenvalue weighted by Crippen LogP contribution is -2.44. The van der Waals surface area contributed by atoms with Crippen molar-refractivity contribution in [1.82, 2.24) is 30.0 Å². The lowest BCUT2D eigenvalue weighted by molar-refractivity contribution is 0.129. The SMILES string of the molecule is CS(=O)(=O)c1ccc(-n2ncc3c(CNC4CCN(C(=O)O)CC4)ncnc32)cc1. The van der Waals surface area contributed by atoms with Crippen LogP contribution in [0.1, 0.15) is 18.5 Å². The minimum Gasteiger partial charge on any atom is -0.465 e. The molecule has 1 saturated heterocycles. The highest BCUT2D eigenvalue weighted by molar-refractivity contribution is 7.90. The molecule has 4 rings (SSSR count). The molecule has 1 amide bonds. The van der Waals surface area contributed by atoms with Crippen LogP contribution in [0.4, 0.5) is 4.79 Å². The fraction of sp³-hybridized carbons (Fsp3) is 0.368. The van der Waals surface area contributed by atoms with Gasteiger partial charge >= 0.3 is 6.09 Å². The van der Waals surface area contributed by atoms with Crippen LogP contribution in [-0.2, 0) is 16.4 Å². The molecule has 1 fully saturated rings. The first-order valence-corrected chi connectivity index (χ1v) is 11.4. The third kappa shape index (κ3) is 4.12. The predicted octanol–water partition coefficient (Wildman–Crippen LogP) is 1.45. The van der Waals surface area contributed by atoms with Crippen molar-refractivity contribution in [2.24, 2.45) is 0 Å². The van der Waals surface area contributed by atoms with E-state index in [2.05, 4.69) is 20.4 Å². The van der Waals surface area contributed by atoms with Crippen molar-refractivity contribution in [2.75, 3.05) is 19.3 Å². The molecule has 1 aromatic carbocycles. The summed E-state index contributed by atoms with van der Waals surface area (Å²) in [6, 6.07) is 6.71. The maximum Gasteiger partial charge on any atom is 0.407 e. The maximum atomic E-state index is 11.7. The van der Waals surface area contributed by atoms with E-state index in [0.717, 1.165) is 23.9 Å². The highest BCUT2D eigenvalue weighted by Crippen LogP contribution is 2.20. The molecule has 11 heteroatoms. The maximum absolute atomic E-state index is 11.7. The number of hydrogen-bond acceptors (Lipinski definition) is 7. The fourth-order valence-electron chi connectivity index (χ4n) is 3.57. The van der Waals surface area contributed by atoms with Crippen LogP contribution in [0, 0.1) is 0 Å². The lowest BCUT2D eigenvalue weighted by atomic mass is 10.1. The third-order valence-corrected chi connectivity index (χ3v) is 6.41. The molecule has 3 aromatic rings. The Morgan fingerprint density at radius 3 is 2.53 bits per heavy atom. The predicted molar refractivity (Wildman–Crippen MR) is 109 cm³/mol. The summed E-state index contributed by atoms with van der Waals surface area (Å²) in [5.74, 6) is 0. The zero-order valence-corrected chi connectivity index (χ0v) is 17.2. The first-order chi connectivity index (χ1) is 14.3. The van der Waals surface area contributed by atoms with Gasteiger partial charge in [-0.25, -0.2) is 27.9 Å². The number of rotatable bonds is 5. The van der Waals surface area contributed by atoms with Gasteiger partial charge in [0.25, 0.3) is 0 Å². The van der Waals surface area contributed by atoms with Crippen LogP contribution < -0.4 is 5.32 Å². The standard InChI is InChI=1S/C19H22N6O4S/c1-30(28,29)15-4-2-14(3-5-15)25-18-16(10-23-25)17(21-12-22-18)11-20-13-6-8-24(9-7-13)19(26)27/h2-5,10,12-13,20H,6-9,11H2,1H3,(H,26,27). The molecular formula is C19H22N6O4S. The number of piperidine rings is 1. The minimum absolute atomic E-state index is 0.226. The van der Waals surface area contributed by atoms with Gasteiger partial charge in [0.05, 0.1) is 27.9 Å². The van der Waals surface area contributed by atoms with Gasteiger partial charge in [0, 0.05) is 31.9 Å². The average Bonchev–Trinajstić information content (AvgIpc) is 3.17. The summed E-state index contributed by atoms with van der Waals surface area (Å²) in [5.41, 5.74) is 2.14. The van der Waals surface area contributed by atoms with Crippen molar-refractivity contribution in [1.29, 1.82) is 0 Å². The molecule has 1 aliphatic rings. The molecule has 30 heavy (non-hydrogen) atoms. The highest BCUT2D eigenvalue weighted by atomic mass is 32.2. The summed E-state index contributed by atoms with van der Waals surface area (Å²) in [6.07, 6.45) is 4.99. The highest BCUT2D eigenvalue weighted by Gasteiger charge is 2.22. The van der Waals surface area contributed by atoms with Crippen LogP contribution in [0.5, 0.6) is 0 Å². The van der Waals surface area contributed by atoms with Gasteiger partial charge in [-0.3, -0.25) is 0 Å². The number of hydrogen-bond donors (Lipinski definition) is 2. The van der Waals surface area contributed by atoms with Crippen molar-refractivity contribution in [3.05, 3.63) is 42.5 Å². The third-order valence-electron chi connectivity index (χ3n) is 5.28. The number of carbonyl (C=O) groups is 1. The summed E-state index contributed by atoms with van der Waals surface area (Å²) >= 11 is 0. The van der Waals surface area contributed by atoms with Crippen molar-refractivity contribution < 1.29 is 18.3 Å². The van der Waals surface area contributed by atoms with E-state index in [0.29, 0.717) is 31.0 Å². The van der Waals surface area contributed by atoms with E-state index < -0.39 is 15.9 Å². The Hall–Kier alpha value is -3.05. The van der Waals surface area contributed by atoms with Gasteiger partial charge in [-0.15, -0.1) is 0 Å². The number of benzene rings is 1. The lowest BCUT2D eigenvalue weighted by Gasteiger charge is -2.30. The molecular weight excluding hydrogens is 408 g/mol. The normalized spacial score (nSPS) is 15.6. The second-order valence-electron chi connectivity index (χ2n) is 7.30. The Morgan fingerprint density at radius 1 is 1.20 bits per heavy atom. The van der Waals surface area contributed by atoms with Crippen LogP contribution in [0.15, 0.2) is 41.7 Å². The number of likely N-dealkylation sites (tertiary alicyclic amines) is 1. The number of sulfone groups is 1. The Balaban J connectivity index is 1.50. The van der Waals surface area contributed by atoms with Gasteiger partial charge in [0.1, 0.15) is 6.33 Å². The second kappa shape index (κ2) is 8.00. The smallest absolute Gasteiger partial charge is 0.407 e. The Bertz CT molecular complexity index is 1170. The number of aromatic nitrogens is 4. The van der Waals surface area contributed by atoms with Crippen molar-refractivity contribution in [3.63, 3.8) is 0 Å². The number of fused-ring (bicyclic) bond motifs is 1. The molecule has 0 unspecified atom stereocenters. The fourth-order valence-corrected chi connectivity index (χ4v) is 4.20. The largest absolute Gasteiger partial charge is 0.465 e. The van der Waals surface area contributed by atoms with Crippen LogP contribution in [0.2, 0.25) is 0 Å². The molecule has 0 aliphatic carbocycles. The summed E-state index contributed by atoms with van der Waals surface area (Å²) in [4.78, 5) is 21.4. The topological polar surface area (TPSA) is 130 Å². The van der Waals surface area contributed by atoms with E-state index in [4.69, 9.17) is 5.11 Å². The van der Waals surface area contributed by atoms with Crippen LogP contribution >= 0.6 is 0 Å². The van der Waals surface area contributed by atoms with Gasteiger partial charge in [-0.05, 0) is 37.1 Å². The molecule has 3 heterocycles. The average molecular weight is 430 g/mol. The van der Waals surface area contributed by atoms with Crippen LogP contribution in [-0.4, -0.2) is 69.7 Å². The zero-order chi connectivity index (χ0) is 21.3. The molecule has 0 saturated carbocycles. The molecule has 1 aliphatic heterocycles. The Morgan fingerprint density at radius 2 is 1.90 bits per heavy atom. The van der Waals surface area contributed by atoms with E-state index in [9.17, 15) is 13.2 Å². The molecule has 0 spiro atoms. The molecule has 2 N–H and O–H groups in total. The molecule has 10 nitrogen and oxygen atoms in total. The van der Waals surface area contributed by atoms with E-state index in [1.165, 1.54) is 17.5 Å². The summed E-state index contributed by atoms with van der Waals surface area (Å²) in [6.45, 7) is 1.57. The molecule has 0 radical (unpaired) electrons. The quantitative estimate of drug-likeness (QED) is 0.622. The van der Waals surface area contributed by atoms with Crippen molar-refractivity contribution in [3.8, 4) is 5.69 Å². The van der Waals surface area contributed by atoms with Crippen molar-refractivity contribution >= 4 is 27.0 Å². The van der Waals surface area contributed by atoms with E-state index >= 15 is 0 Å². The van der Waals surface area contributed by atoms with Gasteiger partial charge in [0.2, 0.25) is 0 Å². The second-order valence-corrected chi connectivity index (χ2v) is 9.32.